The van der Waals surface area contributed by atoms with Gasteiger partial charge in [0.1, 0.15) is 11.4 Å². The maximum absolute atomic E-state index is 13.3. The highest BCUT2D eigenvalue weighted by Crippen LogP contribution is 2.23. The van der Waals surface area contributed by atoms with Crippen LogP contribution in [-0.4, -0.2) is 32.8 Å². The molecule has 5 rings (SSSR count). The van der Waals surface area contributed by atoms with Gasteiger partial charge in [-0.1, -0.05) is 48.5 Å². The quantitative estimate of drug-likeness (QED) is 0.137. The Hall–Kier alpha value is -5.13. The Labute approximate surface area is 262 Å². The molecule has 0 radical (unpaired) electrons. The Morgan fingerprint density at radius 3 is 2.32 bits per heavy atom. The zero-order valence-electron chi connectivity index (χ0n) is 23.9. The Kier molecular flexibility index (Phi) is 9.58. The summed E-state index contributed by atoms with van der Waals surface area (Å²) in [5, 5.41) is 10.2. The first kappa shape index (κ1) is 30.3. The average molecular weight is 624 g/mol. The van der Waals surface area contributed by atoms with Gasteiger partial charge in [0.2, 0.25) is 5.91 Å². The molecule has 0 aliphatic heterocycles. The summed E-state index contributed by atoms with van der Waals surface area (Å²) >= 11 is 2.71. The smallest absolute Gasteiger partial charge is 0.295 e. The van der Waals surface area contributed by atoms with Gasteiger partial charge in [-0.25, -0.2) is 4.68 Å². The highest BCUT2D eigenvalue weighted by Gasteiger charge is 2.19. The molecule has 11 heteroatoms. The number of anilines is 2. The highest BCUT2D eigenvalue weighted by atomic mass is 32.2. The molecule has 2 heterocycles. The molecule has 0 aliphatic rings. The zero-order chi connectivity index (χ0) is 31.1. The number of benzene rings is 3. The third-order valence-electron chi connectivity index (χ3n) is 6.64. The number of amides is 3. The first-order valence-electron chi connectivity index (χ1n) is 13.6. The number of thioether (sulfide) groups is 1. The molecule has 9 nitrogen and oxygen atoms in total. The van der Waals surface area contributed by atoms with Crippen molar-refractivity contribution in [2.45, 2.75) is 11.8 Å². The van der Waals surface area contributed by atoms with Gasteiger partial charge in [0.05, 0.1) is 17.1 Å². The predicted octanol–water partition coefficient (Wildman–Crippen LogP) is 5.69. The van der Waals surface area contributed by atoms with Crippen molar-refractivity contribution < 1.29 is 14.4 Å². The first-order valence-corrected chi connectivity index (χ1v) is 15.5. The second-order valence-corrected chi connectivity index (χ2v) is 11.7. The van der Waals surface area contributed by atoms with Crippen LogP contribution in [0.1, 0.15) is 20.9 Å². The van der Waals surface area contributed by atoms with Crippen LogP contribution in [0.15, 0.2) is 118 Å². The minimum atomic E-state index is -0.489. The average Bonchev–Trinajstić information content (AvgIpc) is 3.63. The lowest BCUT2D eigenvalue weighted by Crippen LogP contribution is -2.30. The van der Waals surface area contributed by atoms with E-state index in [1.807, 2.05) is 60.0 Å². The van der Waals surface area contributed by atoms with Crippen molar-refractivity contribution in [3.8, 4) is 5.69 Å². The predicted molar refractivity (Wildman–Crippen MR) is 176 cm³/mol. The molecule has 3 N–H and O–H groups in total. The third kappa shape index (κ3) is 7.25. The van der Waals surface area contributed by atoms with E-state index in [0.29, 0.717) is 22.6 Å². The number of nitrogens with one attached hydrogen (secondary N) is 3. The monoisotopic (exact) mass is 623 g/mol. The standard InChI is InChI=1S/C33H29N5O4S2/c1-22-30(33(42)38(37(22)2)25-14-7-4-8-15-25)36-29(39)21-44-26-16-9-13-24(19-26)34-32(41)28(20-27-17-10-18-43-27)35-31(40)23-11-5-3-6-12-23/h3-20H,21H2,1-2H3,(H,34,41)(H,35,40)(H,36,39)/b28-20-. The Morgan fingerprint density at radius 2 is 1.61 bits per heavy atom. The van der Waals surface area contributed by atoms with Crippen LogP contribution in [0.4, 0.5) is 11.4 Å². The van der Waals surface area contributed by atoms with Crippen molar-refractivity contribution in [3.63, 3.8) is 0 Å². The van der Waals surface area contributed by atoms with Gasteiger partial charge in [-0.05, 0) is 66.9 Å². The lowest BCUT2D eigenvalue weighted by atomic mass is 10.2. The van der Waals surface area contributed by atoms with E-state index in [1.54, 1.807) is 67.2 Å². The summed E-state index contributed by atoms with van der Waals surface area (Å²) in [7, 11) is 1.77. The molecule has 222 valence electrons. The van der Waals surface area contributed by atoms with E-state index in [1.165, 1.54) is 27.8 Å². The van der Waals surface area contributed by atoms with Crippen molar-refractivity contribution in [1.29, 1.82) is 0 Å². The number of rotatable bonds is 10. The van der Waals surface area contributed by atoms with Crippen molar-refractivity contribution >= 4 is 58.3 Å². The van der Waals surface area contributed by atoms with Crippen LogP contribution in [0.5, 0.6) is 0 Å². The summed E-state index contributed by atoms with van der Waals surface area (Å²) in [4.78, 5) is 53.6. The van der Waals surface area contributed by atoms with Gasteiger partial charge < -0.3 is 16.0 Å². The Bertz CT molecular complexity index is 1880. The van der Waals surface area contributed by atoms with E-state index < -0.39 is 11.8 Å². The molecular formula is C33H29N5O4S2. The number of hydrogen-bond acceptors (Lipinski definition) is 6. The zero-order valence-corrected chi connectivity index (χ0v) is 25.6. The SMILES string of the molecule is Cc1c(NC(=O)CSc2cccc(NC(=O)/C(=C/c3cccs3)NC(=O)c3ccccc3)c2)c(=O)n(-c2ccccc2)n1C. The number of nitrogens with zero attached hydrogens (tertiary/aromatic N) is 2. The van der Waals surface area contributed by atoms with Gasteiger partial charge in [0.15, 0.2) is 0 Å². The summed E-state index contributed by atoms with van der Waals surface area (Å²) in [6.45, 7) is 1.78. The van der Waals surface area contributed by atoms with Crippen LogP contribution in [0.2, 0.25) is 0 Å². The molecule has 0 unspecified atom stereocenters. The molecule has 3 aromatic carbocycles. The number of para-hydroxylation sites is 1. The van der Waals surface area contributed by atoms with Gasteiger partial charge in [0.25, 0.3) is 17.4 Å². The van der Waals surface area contributed by atoms with Gasteiger partial charge >= 0.3 is 0 Å². The summed E-state index contributed by atoms with van der Waals surface area (Å²) in [6, 6.07) is 28.6. The maximum Gasteiger partial charge on any atom is 0.295 e. The fraction of sp³-hybridized carbons (Fsp3) is 0.0909. The third-order valence-corrected chi connectivity index (χ3v) is 8.45. The minimum absolute atomic E-state index is 0.0488. The fourth-order valence-corrected chi connectivity index (χ4v) is 5.77. The van der Waals surface area contributed by atoms with Crippen LogP contribution in [0.25, 0.3) is 11.8 Å². The number of aromatic nitrogens is 2. The normalized spacial score (nSPS) is 11.2. The number of hydrogen-bond donors (Lipinski definition) is 3. The lowest BCUT2D eigenvalue weighted by Gasteiger charge is -2.12. The second kappa shape index (κ2) is 13.9. The molecule has 0 fully saturated rings. The number of thiophene rings is 1. The van der Waals surface area contributed by atoms with E-state index in [2.05, 4.69) is 16.0 Å². The van der Waals surface area contributed by atoms with Crippen LogP contribution in [0.3, 0.4) is 0 Å². The maximum atomic E-state index is 13.3. The summed E-state index contributed by atoms with van der Waals surface area (Å²) < 4.78 is 3.21. The van der Waals surface area contributed by atoms with Crippen LogP contribution in [-0.2, 0) is 16.6 Å². The Balaban J connectivity index is 1.25. The van der Waals surface area contributed by atoms with Gasteiger partial charge in [-0.3, -0.25) is 23.9 Å². The summed E-state index contributed by atoms with van der Waals surface area (Å²) in [5.41, 5.74) is 2.26. The van der Waals surface area contributed by atoms with E-state index in [0.717, 1.165) is 9.77 Å². The van der Waals surface area contributed by atoms with E-state index in [-0.39, 0.29) is 28.6 Å². The highest BCUT2D eigenvalue weighted by molar-refractivity contribution is 8.00. The molecule has 0 spiro atoms. The van der Waals surface area contributed by atoms with Crippen LogP contribution < -0.4 is 21.5 Å². The number of carbonyl (C=O) groups excluding carboxylic acids is 3. The van der Waals surface area contributed by atoms with Crippen LogP contribution >= 0.6 is 23.1 Å². The summed E-state index contributed by atoms with van der Waals surface area (Å²) in [5.74, 6) is -1.17. The molecule has 0 saturated carbocycles. The number of carbonyl (C=O) groups is 3. The van der Waals surface area contributed by atoms with Crippen molar-refractivity contribution in [1.82, 2.24) is 14.7 Å². The second-order valence-electron chi connectivity index (χ2n) is 9.65. The molecule has 0 aliphatic carbocycles. The molecule has 3 amide bonds. The van der Waals surface area contributed by atoms with Gasteiger partial charge in [0, 0.05) is 28.1 Å². The van der Waals surface area contributed by atoms with Crippen LogP contribution in [0, 0.1) is 6.92 Å². The topological polar surface area (TPSA) is 114 Å². The molecule has 44 heavy (non-hydrogen) atoms. The van der Waals surface area contributed by atoms with Crippen molar-refractivity contribution in [2.75, 3.05) is 16.4 Å². The molecule has 0 atom stereocenters. The van der Waals surface area contributed by atoms with E-state index in [4.69, 9.17) is 0 Å². The van der Waals surface area contributed by atoms with Crippen molar-refractivity contribution in [3.05, 3.63) is 135 Å². The van der Waals surface area contributed by atoms with Crippen molar-refractivity contribution in [2.24, 2.45) is 7.05 Å². The molecule has 5 aromatic rings. The molecule has 2 aromatic heterocycles. The molecule has 0 saturated heterocycles. The largest absolute Gasteiger partial charge is 0.321 e. The summed E-state index contributed by atoms with van der Waals surface area (Å²) in [6.07, 6.45) is 1.63. The fourth-order valence-electron chi connectivity index (χ4n) is 4.36. The lowest BCUT2D eigenvalue weighted by molar-refractivity contribution is -0.114. The van der Waals surface area contributed by atoms with E-state index >= 15 is 0 Å². The van der Waals surface area contributed by atoms with E-state index in [9.17, 15) is 19.2 Å². The van der Waals surface area contributed by atoms with Gasteiger partial charge in [-0.2, -0.15) is 0 Å². The Morgan fingerprint density at radius 1 is 0.886 bits per heavy atom. The first-order chi connectivity index (χ1) is 21.3. The minimum Gasteiger partial charge on any atom is -0.321 e. The molecule has 0 bridgehead atoms. The van der Waals surface area contributed by atoms with Gasteiger partial charge in [-0.15, -0.1) is 23.1 Å². The molecular weight excluding hydrogens is 595 g/mol.